The molecule has 0 spiro atoms. The normalized spacial score (nSPS) is 10.1. The van der Waals surface area contributed by atoms with E-state index in [0.29, 0.717) is 23.8 Å². The monoisotopic (exact) mass is 271 g/mol. The summed E-state index contributed by atoms with van der Waals surface area (Å²) in [5.41, 5.74) is 0.471. The highest BCUT2D eigenvalue weighted by Gasteiger charge is 2.10. The molecular formula is C16H17NO3. The number of Topliss-reactive ketones (excluding diaryl/α,β-unsaturated/α-hetero) is 1. The molecule has 4 heteroatoms. The van der Waals surface area contributed by atoms with Crippen LogP contribution in [0.2, 0.25) is 0 Å². The van der Waals surface area contributed by atoms with Gasteiger partial charge in [-0.2, -0.15) is 0 Å². The molecule has 0 saturated carbocycles. The van der Waals surface area contributed by atoms with Crippen molar-refractivity contribution in [3.8, 4) is 17.4 Å². The van der Waals surface area contributed by atoms with Crippen molar-refractivity contribution >= 4 is 5.78 Å². The minimum Gasteiger partial charge on any atom is -0.494 e. The van der Waals surface area contributed by atoms with Crippen LogP contribution in [0.1, 0.15) is 30.6 Å². The van der Waals surface area contributed by atoms with Crippen molar-refractivity contribution in [2.45, 2.75) is 20.3 Å². The number of benzene rings is 1. The third-order valence-corrected chi connectivity index (χ3v) is 2.66. The van der Waals surface area contributed by atoms with Gasteiger partial charge in [-0.3, -0.25) is 4.79 Å². The molecule has 0 bridgehead atoms. The summed E-state index contributed by atoms with van der Waals surface area (Å²) in [6.45, 7) is 4.24. The molecule has 0 saturated heterocycles. The van der Waals surface area contributed by atoms with Gasteiger partial charge in [0.15, 0.2) is 5.78 Å². The second-order valence-electron chi connectivity index (χ2n) is 4.33. The maximum absolute atomic E-state index is 11.5. The van der Waals surface area contributed by atoms with Crippen LogP contribution in [0.15, 0.2) is 42.6 Å². The lowest BCUT2D eigenvalue weighted by atomic mass is 10.2. The number of hydrogen-bond donors (Lipinski definition) is 0. The van der Waals surface area contributed by atoms with Gasteiger partial charge >= 0.3 is 0 Å². The highest BCUT2D eigenvalue weighted by atomic mass is 16.5. The smallest absolute Gasteiger partial charge is 0.230 e. The summed E-state index contributed by atoms with van der Waals surface area (Å²) in [6.07, 6.45) is 2.56. The Balaban J connectivity index is 2.12. The van der Waals surface area contributed by atoms with E-state index in [1.807, 2.05) is 12.1 Å². The second-order valence-corrected chi connectivity index (χ2v) is 4.33. The Bertz CT molecular complexity index is 579. The molecule has 1 aromatic heterocycles. The second kappa shape index (κ2) is 6.70. The molecule has 0 aliphatic carbocycles. The van der Waals surface area contributed by atoms with Crippen LogP contribution in [0.5, 0.6) is 17.4 Å². The Morgan fingerprint density at radius 1 is 1.15 bits per heavy atom. The molecule has 1 heterocycles. The van der Waals surface area contributed by atoms with E-state index in [0.717, 1.165) is 12.2 Å². The highest BCUT2D eigenvalue weighted by Crippen LogP contribution is 2.25. The number of aromatic nitrogens is 1. The van der Waals surface area contributed by atoms with Crippen molar-refractivity contribution < 1.29 is 14.3 Å². The van der Waals surface area contributed by atoms with Gasteiger partial charge in [-0.05, 0) is 49.7 Å². The Labute approximate surface area is 118 Å². The molecule has 0 aliphatic rings. The Morgan fingerprint density at radius 2 is 1.85 bits per heavy atom. The van der Waals surface area contributed by atoms with E-state index in [2.05, 4.69) is 11.9 Å². The predicted molar refractivity (Wildman–Crippen MR) is 76.5 cm³/mol. The summed E-state index contributed by atoms with van der Waals surface area (Å²) in [4.78, 5) is 15.6. The lowest BCUT2D eigenvalue weighted by Crippen LogP contribution is -1.99. The first-order chi connectivity index (χ1) is 9.70. The number of rotatable bonds is 6. The third kappa shape index (κ3) is 3.57. The number of nitrogens with zero attached hydrogens (tertiary/aromatic N) is 1. The molecule has 0 amide bonds. The minimum absolute atomic E-state index is 0.0731. The first kappa shape index (κ1) is 14.1. The fourth-order valence-electron chi connectivity index (χ4n) is 1.68. The fraction of sp³-hybridized carbons (Fsp3) is 0.250. The number of carbonyl (C=O) groups excluding carboxylic acids is 1. The van der Waals surface area contributed by atoms with E-state index in [4.69, 9.17) is 9.47 Å². The molecule has 0 atom stereocenters. The molecule has 104 valence electrons. The highest BCUT2D eigenvalue weighted by molar-refractivity contribution is 5.96. The topological polar surface area (TPSA) is 48.4 Å². The van der Waals surface area contributed by atoms with Crippen molar-refractivity contribution in [3.05, 3.63) is 48.2 Å². The molecule has 0 fully saturated rings. The molecule has 4 nitrogen and oxygen atoms in total. The van der Waals surface area contributed by atoms with E-state index in [-0.39, 0.29) is 5.78 Å². The van der Waals surface area contributed by atoms with Crippen LogP contribution in [0.25, 0.3) is 0 Å². The minimum atomic E-state index is -0.0731. The lowest BCUT2D eigenvalue weighted by Gasteiger charge is -2.09. The first-order valence-corrected chi connectivity index (χ1v) is 6.57. The number of pyridine rings is 1. The quantitative estimate of drug-likeness (QED) is 0.748. The van der Waals surface area contributed by atoms with Gasteiger partial charge in [0.1, 0.15) is 11.5 Å². The zero-order chi connectivity index (χ0) is 14.4. The van der Waals surface area contributed by atoms with Gasteiger partial charge in [-0.1, -0.05) is 6.92 Å². The van der Waals surface area contributed by atoms with Crippen LogP contribution in [0.3, 0.4) is 0 Å². The Morgan fingerprint density at radius 3 is 2.50 bits per heavy atom. The molecule has 0 radical (unpaired) electrons. The van der Waals surface area contributed by atoms with Crippen molar-refractivity contribution in [1.82, 2.24) is 4.98 Å². The first-order valence-electron chi connectivity index (χ1n) is 6.57. The van der Waals surface area contributed by atoms with Crippen LogP contribution in [0.4, 0.5) is 0 Å². The summed E-state index contributed by atoms with van der Waals surface area (Å²) in [5.74, 6) is 1.67. The fourth-order valence-corrected chi connectivity index (χ4v) is 1.68. The average Bonchev–Trinajstić information content (AvgIpc) is 2.47. The predicted octanol–water partition coefficient (Wildman–Crippen LogP) is 3.87. The maximum Gasteiger partial charge on any atom is 0.230 e. The maximum atomic E-state index is 11.5. The summed E-state index contributed by atoms with van der Waals surface area (Å²) in [7, 11) is 0. The summed E-state index contributed by atoms with van der Waals surface area (Å²) >= 11 is 0. The van der Waals surface area contributed by atoms with E-state index in [9.17, 15) is 4.79 Å². The van der Waals surface area contributed by atoms with Crippen LogP contribution in [0, 0.1) is 0 Å². The van der Waals surface area contributed by atoms with Crippen molar-refractivity contribution in [3.63, 3.8) is 0 Å². The summed E-state index contributed by atoms with van der Waals surface area (Å²) < 4.78 is 11.1. The molecule has 2 rings (SSSR count). The van der Waals surface area contributed by atoms with E-state index in [1.54, 1.807) is 30.5 Å². The van der Waals surface area contributed by atoms with E-state index < -0.39 is 0 Å². The van der Waals surface area contributed by atoms with Gasteiger partial charge in [-0.25, -0.2) is 4.98 Å². The number of hydrogen-bond acceptors (Lipinski definition) is 4. The molecule has 0 unspecified atom stereocenters. The van der Waals surface area contributed by atoms with Crippen molar-refractivity contribution in [2.75, 3.05) is 6.61 Å². The van der Waals surface area contributed by atoms with Crippen LogP contribution in [-0.4, -0.2) is 17.4 Å². The van der Waals surface area contributed by atoms with Crippen molar-refractivity contribution in [1.29, 1.82) is 0 Å². The van der Waals surface area contributed by atoms with E-state index >= 15 is 0 Å². The largest absolute Gasteiger partial charge is 0.494 e. The SMILES string of the molecule is CCCOc1ccc(Oc2ncccc2C(C)=O)cc1. The Kier molecular flexibility index (Phi) is 4.71. The van der Waals surface area contributed by atoms with Crippen LogP contribution in [-0.2, 0) is 0 Å². The standard InChI is InChI=1S/C16H17NO3/c1-3-11-19-13-6-8-14(9-7-13)20-16-15(12(2)18)5-4-10-17-16/h4-10H,3,11H2,1-2H3. The number of carbonyl (C=O) groups is 1. The third-order valence-electron chi connectivity index (χ3n) is 2.66. The molecule has 0 aliphatic heterocycles. The van der Waals surface area contributed by atoms with Gasteiger partial charge in [0.05, 0.1) is 12.2 Å². The molecule has 20 heavy (non-hydrogen) atoms. The van der Waals surface area contributed by atoms with Gasteiger partial charge < -0.3 is 9.47 Å². The van der Waals surface area contributed by atoms with Gasteiger partial charge in [-0.15, -0.1) is 0 Å². The molecule has 1 aromatic carbocycles. The Hall–Kier alpha value is -2.36. The molecular weight excluding hydrogens is 254 g/mol. The van der Waals surface area contributed by atoms with Crippen LogP contribution < -0.4 is 9.47 Å². The zero-order valence-electron chi connectivity index (χ0n) is 11.6. The number of ether oxygens (including phenoxy) is 2. The van der Waals surface area contributed by atoms with Crippen molar-refractivity contribution in [2.24, 2.45) is 0 Å². The van der Waals surface area contributed by atoms with Gasteiger partial charge in [0, 0.05) is 6.20 Å². The average molecular weight is 271 g/mol. The van der Waals surface area contributed by atoms with Gasteiger partial charge in [0.25, 0.3) is 0 Å². The zero-order valence-corrected chi connectivity index (χ0v) is 11.6. The van der Waals surface area contributed by atoms with Gasteiger partial charge in [0.2, 0.25) is 5.88 Å². The summed E-state index contributed by atoms with van der Waals surface area (Å²) in [5, 5.41) is 0. The van der Waals surface area contributed by atoms with Crippen LogP contribution >= 0.6 is 0 Å². The molecule has 0 N–H and O–H groups in total. The lowest BCUT2D eigenvalue weighted by molar-refractivity contribution is 0.101. The number of ketones is 1. The van der Waals surface area contributed by atoms with E-state index in [1.165, 1.54) is 6.92 Å². The summed E-state index contributed by atoms with van der Waals surface area (Å²) in [6, 6.07) is 10.7. The molecule has 2 aromatic rings.